The molecule has 0 unspecified atom stereocenters. The van der Waals surface area contributed by atoms with Gasteiger partial charge in [0.1, 0.15) is 12.1 Å². The van der Waals surface area contributed by atoms with Crippen molar-refractivity contribution in [3.05, 3.63) is 64.3 Å². The molecule has 1 aromatic carbocycles. The number of H-pyrrole nitrogens is 1. The van der Waals surface area contributed by atoms with E-state index in [0.29, 0.717) is 17.7 Å². The monoisotopic (exact) mass is 306 g/mol. The van der Waals surface area contributed by atoms with Crippen LogP contribution in [-0.4, -0.2) is 24.6 Å². The van der Waals surface area contributed by atoms with Crippen molar-refractivity contribution in [1.29, 1.82) is 0 Å². The number of fused-ring (bicyclic) bond motifs is 2. The Kier molecular flexibility index (Phi) is 3.04. The van der Waals surface area contributed by atoms with Crippen molar-refractivity contribution in [1.82, 2.24) is 24.6 Å². The van der Waals surface area contributed by atoms with Gasteiger partial charge >= 0.3 is 0 Å². The first kappa shape index (κ1) is 13.4. The maximum absolute atomic E-state index is 11.8. The number of aromatic amines is 1. The van der Waals surface area contributed by atoms with Gasteiger partial charge in [-0.1, -0.05) is 6.07 Å². The molecule has 0 spiro atoms. The molecule has 114 valence electrons. The Morgan fingerprint density at radius 2 is 2.17 bits per heavy atom. The van der Waals surface area contributed by atoms with Crippen LogP contribution >= 0.6 is 0 Å². The molecule has 0 aliphatic rings. The molecule has 0 atom stereocenters. The lowest BCUT2D eigenvalue weighted by atomic mass is 10.1. The summed E-state index contributed by atoms with van der Waals surface area (Å²) in [6, 6.07) is 9.20. The predicted octanol–water partition coefficient (Wildman–Crippen LogP) is 1.89. The van der Waals surface area contributed by atoms with Crippen LogP contribution in [0.5, 0.6) is 0 Å². The molecule has 0 saturated carbocycles. The van der Waals surface area contributed by atoms with Gasteiger partial charge in [0, 0.05) is 41.5 Å². The second kappa shape index (κ2) is 5.20. The lowest BCUT2D eigenvalue weighted by molar-refractivity contribution is 0.916. The number of pyridine rings is 1. The molecule has 4 rings (SSSR count). The zero-order chi connectivity index (χ0) is 15.8. The summed E-state index contributed by atoms with van der Waals surface area (Å²) >= 11 is 0. The second-order valence-corrected chi connectivity index (χ2v) is 5.33. The van der Waals surface area contributed by atoms with Gasteiger partial charge in [0.25, 0.3) is 5.78 Å². The lowest BCUT2D eigenvalue weighted by Gasteiger charge is -2.09. The van der Waals surface area contributed by atoms with Crippen molar-refractivity contribution in [2.75, 3.05) is 5.32 Å². The van der Waals surface area contributed by atoms with E-state index in [0.717, 1.165) is 22.6 Å². The maximum Gasteiger partial charge on any atom is 0.254 e. The van der Waals surface area contributed by atoms with Gasteiger partial charge in [-0.2, -0.15) is 14.6 Å². The molecule has 2 N–H and O–H groups in total. The van der Waals surface area contributed by atoms with E-state index in [1.165, 1.54) is 12.4 Å². The van der Waals surface area contributed by atoms with Gasteiger partial charge in [-0.25, -0.2) is 4.98 Å². The molecular formula is C16H14N6O. The largest absolute Gasteiger partial charge is 0.366 e. The number of nitrogens with zero attached hydrogens (tertiary/aromatic N) is 4. The quantitative estimate of drug-likeness (QED) is 0.603. The third-order valence-electron chi connectivity index (χ3n) is 3.68. The summed E-state index contributed by atoms with van der Waals surface area (Å²) in [6.07, 6.45) is 3.14. The van der Waals surface area contributed by atoms with Crippen molar-refractivity contribution in [3.63, 3.8) is 0 Å². The Balaban J connectivity index is 1.65. The molecule has 0 amide bonds. The van der Waals surface area contributed by atoms with E-state index < -0.39 is 0 Å². The molecule has 0 bridgehead atoms. The maximum atomic E-state index is 11.8. The Morgan fingerprint density at radius 1 is 1.26 bits per heavy atom. The van der Waals surface area contributed by atoms with Crippen molar-refractivity contribution in [2.24, 2.45) is 0 Å². The van der Waals surface area contributed by atoms with Crippen LogP contribution in [0.15, 0.2) is 47.7 Å². The van der Waals surface area contributed by atoms with Gasteiger partial charge < -0.3 is 10.3 Å². The average Bonchev–Trinajstić information content (AvgIpc) is 3.01. The summed E-state index contributed by atoms with van der Waals surface area (Å²) in [7, 11) is 0. The molecule has 7 nitrogen and oxygen atoms in total. The number of rotatable bonds is 3. The smallest absolute Gasteiger partial charge is 0.254 e. The van der Waals surface area contributed by atoms with E-state index in [-0.39, 0.29) is 5.43 Å². The van der Waals surface area contributed by atoms with Crippen LogP contribution in [0.3, 0.4) is 0 Å². The second-order valence-electron chi connectivity index (χ2n) is 5.33. The van der Waals surface area contributed by atoms with Gasteiger partial charge in [-0.15, -0.1) is 0 Å². The van der Waals surface area contributed by atoms with Gasteiger partial charge in [0.15, 0.2) is 5.43 Å². The van der Waals surface area contributed by atoms with Gasteiger partial charge in [0.2, 0.25) is 0 Å². The minimum atomic E-state index is 0.0207. The van der Waals surface area contributed by atoms with E-state index in [1.807, 2.05) is 31.2 Å². The van der Waals surface area contributed by atoms with Crippen molar-refractivity contribution in [3.8, 4) is 0 Å². The van der Waals surface area contributed by atoms with Crippen LogP contribution in [0.4, 0.5) is 5.82 Å². The number of hydrogen-bond acceptors (Lipinski definition) is 5. The fraction of sp³-hybridized carbons (Fsp3) is 0.125. The molecular weight excluding hydrogens is 292 g/mol. The molecule has 0 aliphatic carbocycles. The number of hydrogen-bond donors (Lipinski definition) is 2. The van der Waals surface area contributed by atoms with Crippen LogP contribution < -0.4 is 10.7 Å². The third-order valence-corrected chi connectivity index (χ3v) is 3.68. The normalized spacial score (nSPS) is 11.2. The standard InChI is InChI=1S/C16H14N6O/c1-10-6-15(22-16(21-10)19-9-20-22)18-8-11-2-3-12-13(7-11)17-5-4-14(12)23/h2-7,9,18H,8H2,1H3,(H,17,23). The first-order valence-electron chi connectivity index (χ1n) is 7.22. The summed E-state index contributed by atoms with van der Waals surface area (Å²) in [5.74, 6) is 1.39. The SMILES string of the molecule is Cc1cc(NCc2ccc3c(=O)cc[nH]c3c2)n2ncnc2n1. The Morgan fingerprint density at radius 3 is 3.09 bits per heavy atom. The third kappa shape index (κ3) is 2.42. The number of benzene rings is 1. The van der Waals surface area contributed by atoms with Gasteiger partial charge in [-0.3, -0.25) is 4.79 Å². The van der Waals surface area contributed by atoms with Gasteiger partial charge in [0.05, 0.1) is 0 Å². The van der Waals surface area contributed by atoms with Crippen LogP contribution in [0.2, 0.25) is 0 Å². The number of aryl methyl sites for hydroxylation is 1. The van der Waals surface area contributed by atoms with Crippen LogP contribution in [-0.2, 0) is 6.54 Å². The molecule has 3 aromatic heterocycles. The highest BCUT2D eigenvalue weighted by Gasteiger charge is 2.06. The topological polar surface area (TPSA) is 88.0 Å². The highest BCUT2D eigenvalue weighted by Crippen LogP contribution is 2.14. The first-order chi connectivity index (χ1) is 11.2. The lowest BCUT2D eigenvalue weighted by Crippen LogP contribution is -2.07. The Bertz CT molecular complexity index is 1060. The summed E-state index contributed by atoms with van der Waals surface area (Å²) in [5.41, 5.74) is 2.78. The minimum Gasteiger partial charge on any atom is -0.366 e. The van der Waals surface area contributed by atoms with E-state index in [4.69, 9.17) is 0 Å². The van der Waals surface area contributed by atoms with E-state index >= 15 is 0 Å². The van der Waals surface area contributed by atoms with Crippen molar-refractivity contribution in [2.45, 2.75) is 13.5 Å². The molecule has 4 aromatic rings. The summed E-state index contributed by atoms with van der Waals surface area (Å²) in [6.45, 7) is 2.52. The predicted molar refractivity (Wildman–Crippen MR) is 87.4 cm³/mol. The van der Waals surface area contributed by atoms with Crippen LogP contribution in [0.1, 0.15) is 11.3 Å². The summed E-state index contributed by atoms with van der Waals surface area (Å²) < 4.78 is 1.66. The molecule has 0 radical (unpaired) electrons. The summed E-state index contributed by atoms with van der Waals surface area (Å²) in [4.78, 5) is 23.3. The van der Waals surface area contributed by atoms with Crippen LogP contribution in [0.25, 0.3) is 16.7 Å². The average molecular weight is 306 g/mol. The minimum absolute atomic E-state index is 0.0207. The van der Waals surface area contributed by atoms with Crippen LogP contribution in [0, 0.1) is 6.92 Å². The molecule has 23 heavy (non-hydrogen) atoms. The molecule has 7 heteroatoms. The molecule has 3 heterocycles. The highest BCUT2D eigenvalue weighted by molar-refractivity contribution is 5.78. The van der Waals surface area contributed by atoms with Crippen molar-refractivity contribution < 1.29 is 0 Å². The number of anilines is 1. The van der Waals surface area contributed by atoms with Crippen molar-refractivity contribution >= 4 is 22.5 Å². The fourth-order valence-corrected chi connectivity index (χ4v) is 2.58. The molecule has 0 fully saturated rings. The van der Waals surface area contributed by atoms with E-state index in [9.17, 15) is 4.79 Å². The van der Waals surface area contributed by atoms with E-state index in [1.54, 1.807) is 10.7 Å². The molecule has 0 aliphatic heterocycles. The molecule has 0 saturated heterocycles. The highest BCUT2D eigenvalue weighted by atomic mass is 16.1. The number of aromatic nitrogens is 5. The van der Waals surface area contributed by atoms with Gasteiger partial charge in [-0.05, 0) is 24.6 Å². The number of nitrogens with one attached hydrogen (secondary N) is 2. The van der Waals surface area contributed by atoms with E-state index in [2.05, 4.69) is 25.4 Å². The summed E-state index contributed by atoms with van der Waals surface area (Å²) in [5, 5.41) is 8.19. The zero-order valence-electron chi connectivity index (χ0n) is 12.4. The first-order valence-corrected chi connectivity index (χ1v) is 7.22. The Labute approximate surface area is 131 Å². The Hall–Kier alpha value is -3.22. The zero-order valence-corrected chi connectivity index (χ0v) is 12.4. The fourth-order valence-electron chi connectivity index (χ4n) is 2.58.